The van der Waals surface area contributed by atoms with Crippen LogP contribution in [0.2, 0.25) is 0 Å². The summed E-state index contributed by atoms with van der Waals surface area (Å²) in [6.07, 6.45) is 4.28. The van der Waals surface area contributed by atoms with Gasteiger partial charge in [-0.25, -0.2) is 14.4 Å². The number of ether oxygens (including phenoxy) is 3. The summed E-state index contributed by atoms with van der Waals surface area (Å²) >= 11 is 0. The molecular formula is C62H48N6O12. The van der Waals surface area contributed by atoms with Gasteiger partial charge in [0.1, 0.15) is 17.2 Å². The zero-order valence-corrected chi connectivity index (χ0v) is 42.5. The third kappa shape index (κ3) is 16.6. The molecule has 0 fully saturated rings. The van der Waals surface area contributed by atoms with Crippen LogP contribution in [0.3, 0.4) is 0 Å². The Balaban J connectivity index is 0.922. The predicted octanol–water partition coefficient (Wildman–Crippen LogP) is 14.8. The summed E-state index contributed by atoms with van der Waals surface area (Å²) in [5.74, 6) is -4.24. The van der Waals surface area contributed by atoms with Crippen LogP contribution in [0.5, 0.6) is 17.2 Å². The Hall–Kier alpha value is -10.9. The number of carbonyl (C=O) groups excluding carboxylic acids is 3. The van der Waals surface area contributed by atoms with Crippen LogP contribution < -0.4 is 14.2 Å². The number of hydrogen-bond acceptors (Lipinski definition) is 15. The Morgan fingerprint density at radius 2 is 0.650 bits per heavy atom. The van der Waals surface area contributed by atoms with E-state index >= 15 is 0 Å². The normalized spacial score (nSPS) is 11.3. The Kier molecular flexibility index (Phi) is 18.9. The molecule has 0 atom stereocenters. The SMILES string of the molecule is O=C(CCc1ccccc1/N=N/c1ccc(C(=O)O)cc1)Oc1ccc(/C=C/c2cc(OC(=O)CCc3ccccc3/N=N/c3ccc(C(=O)O)cc3)cc(OC(=O)CCc3ccccc3/N=N/c3ccc(C(=O)O)cc3)c2)cc1. The van der Waals surface area contributed by atoms with Crippen molar-refractivity contribution in [3.8, 4) is 17.2 Å². The molecule has 0 aliphatic carbocycles. The molecule has 8 aromatic rings. The summed E-state index contributed by atoms with van der Waals surface area (Å²) in [4.78, 5) is 73.6. The first kappa shape index (κ1) is 55.4. The highest BCUT2D eigenvalue weighted by atomic mass is 16.5. The molecule has 0 amide bonds. The van der Waals surface area contributed by atoms with Crippen molar-refractivity contribution in [2.75, 3.05) is 0 Å². The number of aromatic carboxylic acids is 3. The maximum absolute atomic E-state index is 13.5. The number of esters is 3. The first-order valence-electron chi connectivity index (χ1n) is 24.8. The number of aryl methyl sites for hydroxylation is 3. The lowest BCUT2D eigenvalue weighted by Crippen LogP contribution is -2.11. The molecule has 0 aliphatic heterocycles. The monoisotopic (exact) mass is 1070 g/mol. The summed E-state index contributed by atoms with van der Waals surface area (Å²) in [6.45, 7) is 0. The lowest BCUT2D eigenvalue weighted by atomic mass is 10.1. The highest BCUT2D eigenvalue weighted by molar-refractivity contribution is 5.89. The number of hydrogen-bond donors (Lipinski definition) is 3. The molecular weight excluding hydrogens is 1020 g/mol. The van der Waals surface area contributed by atoms with E-state index in [4.69, 9.17) is 19.3 Å². The zero-order valence-electron chi connectivity index (χ0n) is 42.5. The number of azo groups is 3. The van der Waals surface area contributed by atoms with Crippen LogP contribution >= 0.6 is 0 Å². The van der Waals surface area contributed by atoms with Gasteiger partial charge in [0.25, 0.3) is 0 Å². The fourth-order valence-corrected chi connectivity index (χ4v) is 7.71. The van der Waals surface area contributed by atoms with Gasteiger partial charge in [-0.1, -0.05) is 78.9 Å². The maximum Gasteiger partial charge on any atom is 0.335 e. The van der Waals surface area contributed by atoms with Gasteiger partial charge in [-0.15, -0.1) is 0 Å². The van der Waals surface area contributed by atoms with Crippen LogP contribution in [-0.4, -0.2) is 51.1 Å². The van der Waals surface area contributed by atoms with Crippen LogP contribution in [0.1, 0.15) is 78.2 Å². The van der Waals surface area contributed by atoms with E-state index in [2.05, 4.69) is 30.7 Å². The van der Waals surface area contributed by atoms with Crippen LogP contribution in [0.15, 0.2) is 219 Å². The number of benzene rings is 8. The molecule has 18 nitrogen and oxygen atoms in total. The second kappa shape index (κ2) is 27.3. The molecule has 0 spiro atoms. The molecule has 0 radical (unpaired) electrons. The van der Waals surface area contributed by atoms with Gasteiger partial charge in [-0.3, -0.25) is 14.4 Å². The average molecular weight is 1070 g/mol. The minimum Gasteiger partial charge on any atom is -0.478 e. The van der Waals surface area contributed by atoms with Crippen LogP contribution in [0, 0.1) is 0 Å². The van der Waals surface area contributed by atoms with E-state index in [9.17, 15) is 39.0 Å². The lowest BCUT2D eigenvalue weighted by molar-refractivity contribution is -0.135. The van der Waals surface area contributed by atoms with Gasteiger partial charge in [0.05, 0.1) is 70.1 Å². The molecule has 18 heteroatoms. The van der Waals surface area contributed by atoms with Gasteiger partial charge < -0.3 is 29.5 Å². The molecule has 398 valence electrons. The fourth-order valence-electron chi connectivity index (χ4n) is 7.71. The molecule has 0 saturated heterocycles. The molecule has 0 aromatic heterocycles. The molecule has 0 aliphatic rings. The van der Waals surface area contributed by atoms with Gasteiger partial charge in [-0.2, -0.15) is 30.7 Å². The number of nitrogens with zero attached hydrogens (tertiary/aromatic N) is 6. The highest BCUT2D eigenvalue weighted by Gasteiger charge is 2.15. The number of carboxylic acid groups (broad SMARTS) is 3. The number of carbonyl (C=O) groups is 6. The zero-order chi connectivity index (χ0) is 56.2. The van der Waals surface area contributed by atoms with E-state index in [1.54, 1.807) is 133 Å². The summed E-state index contributed by atoms with van der Waals surface area (Å²) < 4.78 is 17.3. The standard InChI is InChI=1S/C62H48N6O12/c69-57(34-23-42-7-1-4-10-54(42)66-63-48-26-17-45(18-27-48)60(72)73)78-51-32-15-40(16-33-51)13-14-41-37-52(79-58(70)35-24-43-8-2-5-11-55(43)67-64-49-28-19-46(20-29-49)61(74)75)39-53(38-41)80-59(71)36-25-44-9-3-6-12-56(44)68-65-50-30-21-47(22-31-50)62(76)77/h1-22,26-33,37-39H,23-25,34-36H2,(H,72,73)(H,74,75)(H,76,77)/b14-13+,66-63+,67-64+,68-65+. The van der Waals surface area contributed by atoms with E-state index in [0.29, 0.717) is 63.0 Å². The van der Waals surface area contributed by atoms with E-state index in [-0.39, 0.29) is 60.3 Å². The van der Waals surface area contributed by atoms with Crippen molar-refractivity contribution in [3.63, 3.8) is 0 Å². The summed E-state index contributed by atoms with van der Waals surface area (Å²) in [7, 11) is 0. The van der Waals surface area contributed by atoms with Gasteiger partial charge in [-0.05, 0) is 162 Å². The Morgan fingerprint density at radius 1 is 0.338 bits per heavy atom. The number of carboxylic acids is 3. The lowest BCUT2D eigenvalue weighted by Gasteiger charge is -2.11. The van der Waals surface area contributed by atoms with Gasteiger partial charge >= 0.3 is 35.8 Å². The Morgan fingerprint density at radius 3 is 0.988 bits per heavy atom. The molecule has 80 heavy (non-hydrogen) atoms. The second-order valence-electron chi connectivity index (χ2n) is 17.6. The van der Waals surface area contributed by atoms with E-state index in [0.717, 1.165) is 11.1 Å². The smallest absolute Gasteiger partial charge is 0.335 e. The molecule has 8 rings (SSSR count). The van der Waals surface area contributed by atoms with Crippen molar-refractivity contribution >= 4 is 82.1 Å². The third-order valence-electron chi connectivity index (χ3n) is 11.9. The van der Waals surface area contributed by atoms with Crippen LogP contribution in [-0.2, 0) is 33.6 Å². The molecule has 0 bridgehead atoms. The summed E-state index contributed by atoms with van der Waals surface area (Å²) in [5.41, 5.74) is 6.75. The molecule has 0 saturated carbocycles. The highest BCUT2D eigenvalue weighted by Crippen LogP contribution is 2.30. The molecule has 3 N–H and O–H groups in total. The predicted molar refractivity (Wildman–Crippen MR) is 296 cm³/mol. The molecule has 0 unspecified atom stereocenters. The largest absolute Gasteiger partial charge is 0.478 e. The van der Waals surface area contributed by atoms with Gasteiger partial charge in [0, 0.05) is 6.07 Å². The van der Waals surface area contributed by atoms with Gasteiger partial charge in [0.2, 0.25) is 0 Å². The summed E-state index contributed by atoms with van der Waals surface area (Å²) in [6, 6.07) is 50.9. The first-order chi connectivity index (χ1) is 38.8. The molecule has 8 aromatic carbocycles. The number of rotatable bonds is 23. The van der Waals surface area contributed by atoms with Crippen LogP contribution in [0.25, 0.3) is 12.2 Å². The van der Waals surface area contributed by atoms with Crippen LogP contribution in [0.4, 0.5) is 34.1 Å². The van der Waals surface area contributed by atoms with Crippen molar-refractivity contribution < 1.29 is 58.3 Å². The van der Waals surface area contributed by atoms with E-state index in [1.165, 1.54) is 42.5 Å². The summed E-state index contributed by atoms with van der Waals surface area (Å²) in [5, 5.41) is 53.3. The van der Waals surface area contributed by atoms with Crippen molar-refractivity contribution in [3.05, 3.63) is 233 Å². The second-order valence-corrected chi connectivity index (χ2v) is 17.6. The topological polar surface area (TPSA) is 265 Å². The first-order valence-corrected chi connectivity index (χ1v) is 24.8. The van der Waals surface area contributed by atoms with Crippen molar-refractivity contribution in [1.29, 1.82) is 0 Å². The minimum absolute atomic E-state index is 0.0518. The quantitative estimate of drug-likeness (QED) is 0.0234. The average Bonchev–Trinajstić information content (AvgIpc) is 3.46. The van der Waals surface area contributed by atoms with E-state index < -0.39 is 35.8 Å². The Labute approximate surface area is 457 Å². The van der Waals surface area contributed by atoms with Gasteiger partial charge in [0.15, 0.2) is 0 Å². The third-order valence-corrected chi connectivity index (χ3v) is 11.9. The minimum atomic E-state index is -1.06. The van der Waals surface area contributed by atoms with Crippen molar-refractivity contribution in [2.45, 2.75) is 38.5 Å². The Bertz CT molecular complexity index is 3520. The molecule has 0 heterocycles. The fraction of sp³-hybridized carbons (Fsp3) is 0.0968. The maximum atomic E-state index is 13.5. The van der Waals surface area contributed by atoms with E-state index in [1.807, 2.05) is 24.3 Å². The van der Waals surface area contributed by atoms with Crippen molar-refractivity contribution in [2.24, 2.45) is 30.7 Å². The van der Waals surface area contributed by atoms with Crippen molar-refractivity contribution in [1.82, 2.24) is 0 Å².